The average Bonchev–Trinajstić information content (AvgIpc) is 2.54. The van der Waals surface area contributed by atoms with Gasteiger partial charge in [0.25, 0.3) is 0 Å². The number of amides is 2. The Morgan fingerprint density at radius 2 is 1.88 bits per heavy atom. The predicted molar refractivity (Wildman–Crippen MR) is 87.6 cm³/mol. The van der Waals surface area contributed by atoms with Gasteiger partial charge in [0.1, 0.15) is 16.4 Å². The first-order chi connectivity index (χ1) is 11.4. The van der Waals surface area contributed by atoms with Gasteiger partial charge in [0.05, 0.1) is 13.3 Å². The topological polar surface area (TPSA) is 120 Å². The maximum absolute atomic E-state index is 12.2. The molecule has 2 amide bonds. The number of nitrogens with two attached hydrogens (primary N) is 1. The molecule has 0 saturated heterocycles. The van der Waals surface area contributed by atoms with Crippen molar-refractivity contribution in [3.63, 3.8) is 0 Å². The minimum Gasteiger partial charge on any atom is -0.497 e. The highest BCUT2D eigenvalue weighted by Gasteiger charge is 2.16. The molecule has 24 heavy (non-hydrogen) atoms. The fourth-order valence-corrected chi connectivity index (χ4v) is 2.66. The molecule has 2 aromatic rings. The van der Waals surface area contributed by atoms with Crippen LogP contribution >= 0.6 is 0 Å². The van der Waals surface area contributed by atoms with Crippen molar-refractivity contribution in [2.45, 2.75) is 4.90 Å². The van der Waals surface area contributed by atoms with Crippen molar-refractivity contribution in [3.8, 4) is 11.5 Å². The van der Waals surface area contributed by atoms with Gasteiger partial charge in [0.2, 0.25) is 0 Å². The highest BCUT2D eigenvalue weighted by atomic mass is 32.2. The van der Waals surface area contributed by atoms with E-state index < -0.39 is 16.1 Å². The molecule has 3 N–H and O–H groups in total. The summed E-state index contributed by atoms with van der Waals surface area (Å²) in [4.78, 5) is 10.5. The molecule has 0 saturated carbocycles. The number of primary amides is 1. The second kappa shape index (κ2) is 7.47. The van der Waals surface area contributed by atoms with Gasteiger partial charge in [-0.1, -0.05) is 12.1 Å². The molecular formula is C15H15N3O5S. The van der Waals surface area contributed by atoms with Crippen LogP contribution in [-0.2, 0) is 10.1 Å². The molecule has 0 aliphatic rings. The lowest BCUT2D eigenvalue weighted by atomic mass is 10.2. The zero-order chi connectivity index (χ0) is 17.6. The standard InChI is InChI=1S/C15H15N3O5S/c1-22-12-5-7-14(8-6-12)24(20,21)23-13-4-2-3-11(9-13)10-17-18-15(16)19/h2-10H,1H3,(H3,16,18,19)/b17-10-. The van der Waals surface area contributed by atoms with Crippen molar-refractivity contribution < 1.29 is 22.1 Å². The van der Waals surface area contributed by atoms with Crippen LogP contribution in [0, 0.1) is 0 Å². The second-order valence-electron chi connectivity index (χ2n) is 4.52. The molecule has 9 heteroatoms. The first-order valence-corrected chi connectivity index (χ1v) is 8.08. The van der Waals surface area contributed by atoms with Gasteiger partial charge in [-0.05, 0) is 42.0 Å². The Kier molecular flexibility index (Phi) is 5.38. The lowest BCUT2D eigenvalue weighted by molar-refractivity contribution is 0.249. The molecule has 0 aromatic heterocycles. The summed E-state index contributed by atoms with van der Waals surface area (Å²) >= 11 is 0. The number of hydrazone groups is 1. The molecule has 0 spiro atoms. The quantitative estimate of drug-likeness (QED) is 0.465. The van der Waals surface area contributed by atoms with Crippen molar-refractivity contribution in [2.75, 3.05) is 7.11 Å². The van der Waals surface area contributed by atoms with Crippen LogP contribution in [0.3, 0.4) is 0 Å². The fraction of sp³-hybridized carbons (Fsp3) is 0.0667. The Morgan fingerprint density at radius 1 is 1.17 bits per heavy atom. The van der Waals surface area contributed by atoms with Crippen LogP contribution in [-0.4, -0.2) is 27.8 Å². The Labute approximate surface area is 139 Å². The minimum atomic E-state index is -3.98. The van der Waals surface area contributed by atoms with E-state index in [4.69, 9.17) is 14.7 Å². The van der Waals surface area contributed by atoms with E-state index in [0.717, 1.165) is 0 Å². The van der Waals surface area contributed by atoms with Crippen LogP contribution in [0.25, 0.3) is 0 Å². The first-order valence-electron chi connectivity index (χ1n) is 6.68. The molecule has 0 aliphatic heterocycles. The summed E-state index contributed by atoms with van der Waals surface area (Å²) in [6, 6.07) is 11.2. The maximum atomic E-state index is 12.2. The summed E-state index contributed by atoms with van der Waals surface area (Å²) in [7, 11) is -2.49. The molecule has 0 unspecified atom stereocenters. The van der Waals surface area contributed by atoms with Crippen molar-refractivity contribution >= 4 is 22.4 Å². The number of nitrogens with zero attached hydrogens (tertiary/aromatic N) is 1. The summed E-state index contributed by atoms with van der Waals surface area (Å²) in [5, 5.41) is 3.59. The molecule has 0 aliphatic carbocycles. The van der Waals surface area contributed by atoms with Crippen molar-refractivity contribution in [1.82, 2.24) is 5.43 Å². The second-order valence-corrected chi connectivity index (χ2v) is 6.07. The summed E-state index contributed by atoms with van der Waals surface area (Å²) in [6.45, 7) is 0. The number of benzene rings is 2. The van der Waals surface area contributed by atoms with Gasteiger partial charge in [-0.2, -0.15) is 13.5 Å². The molecule has 2 aromatic carbocycles. The third-order valence-corrected chi connectivity index (χ3v) is 4.06. The highest BCUT2D eigenvalue weighted by Crippen LogP contribution is 2.21. The minimum absolute atomic E-state index is 0.00207. The number of carbonyl (C=O) groups excluding carboxylic acids is 1. The Bertz CT molecular complexity index is 848. The zero-order valence-electron chi connectivity index (χ0n) is 12.7. The summed E-state index contributed by atoms with van der Waals surface area (Å²) in [5.41, 5.74) is 7.43. The van der Waals surface area contributed by atoms with E-state index >= 15 is 0 Å². The number of urea groups is 1. The molecule has 126 valence electrons. The highest BCUT2D eigenvalue weighted by molar-refractivity contribution is 7.87. The molecule has 0 radical (unpaired) electrons. The van der Waals surface area contributed by atoms with Crippen LogP contribution < -0.4 is 20.1 Å². The van der Waals surface area contributed by atoms with Gasteiger partial charge in [0, 0.05) is 0 Å². The van der Waals surface area contributed by atoms with E-state index in [2.05, 4.69) is 5.10 Å². The van der Waals surface area contributed by atoms with Gasteiger partial charge in [-0.15, -0.1) is 0 Å². The van der Waals surface area contributed by atoms with Gasteiger partial charge in [-0.3, -0.25) is 0 Å². The number of hydrogen-bond acceptors (Lipinski definition) is 6. The monoisotopic (exact) mass is 349 g/mol. The summed E-state index contributed by atoms with van der Waals surface area (Å²) < 4.78 is 34.6. The number of ether oxygens (including phenoxy) is 1. The fourth-order valence-electron chi connectivity index (χ4n) is 1.73. The van der Waals surface area contributed by atoms with Crippen LogP contribution in [0.5, 0.6) is 11.5 Å². The van der Waals surface area contributed by atoms with E-state index in [1.54, 1.807) is 12.1 Å². The Hall–Kier alpha value is -3.07. The number of methoxy groups -OCH3 is 1. The van der Waals surface area contributed by atoms with Gasteiger partial charge in [-0.25, -0.2) is 10.2 Å². The molecule has 0 atom stereocenters. The van der Waals surface area contributed by atoms with E-state index in [-0.39, 0.29) is 10.6 Å². The Balaban J connectivity index is 2.16. The van der Waals surface area contributed by atoms with Crippen LogP contribution in [0.15, 0.2) is 58.5 Å². The SMILES string of the molecule is COc1ccc(S(=O)(=O)Oc2cccc(/C=N\NC(N)=O)c2)cc1. The lowest BCUT2D eigenvalue weighted by Crippen LogP contribution is -2.24. The average molecular weight is 349 g/mol. The number of rotatable bonds is 6. The van der Waals surface area contributed by atoms with Crippen molar-refractivity contribution in [1.29, 1.82) is 0 Å². The van der Waals surface area contributed by atoms with Gasteiger partial charge >= 0.3 is 16.1 Å². The summed E-state index contributed by atoms with van der Waals surface area (Å²) in [6.07, 6.45) is 1.30. The van der Waals surface area contributed by atoms with Gasteiger partial charge in [0.15, 0.2) is 0 Å². The Morgan fingerprint density at radius 3 is 2.50 bits per heavy atom. The zero-order valence-corrected chi connectivity index (χ0v) is 13.5. The first kappa shape index (κ1) is 17.3. The lowest BCUT2D eigenvalue weighted by Gasteiger charge is -2.08. The van der Waals surface area contributed by atoms with Crippen LogP contribution in [0.2, 0.25) is 0 Å². The third-order valence-electron chi connectivity index (χ3n) is 2.80. The van der Waals surface area contributed by atoms with E-state index in [0.29, 0.717) is 11.3 Å². The predicted octanol–water partition coefficient (Wildman–Crippen LogP) is 1.47. The molecular weight excluding hydrogens is 334 g/mol. The van der Waals surface area contributed by atoms with Crippen LogP contribution in [0.4, 0.5) is 4.79 Å². The third kappa shape index (κ3) is 4.71. The van der Waals surface area contributed by atoms with E-state index in [1.165, 1.54) is 49.7 Å². The number of nitrogens with one attached hydrogen (secondary N) is 1. The maximum Gasteiger partial charge on any atom is 0.339 e. The van der Waals surface area contributed by atoms with E-state index in [9.17, 15) is 13.2 Å². The number of hydrogen-bond donors (Lipinski definition) is 2. The molecule has 0 bridgehead atoms. The van der Waals surface area contributed by atoms with Gasteiger partial charge < -0.3 is 14.7 Å². The van der Waals surface area contributed by atoms with E-state index in [1.807, 2.05) is 5.43 Å². The number of carbonyl (C=O) groups is 1. The largest absolute Gasteiger partial charge is 0.497 e. The van der Waals surface area contributed by atoms with Crippen molar-refractivity contribution in [3.05, 3.63) is 54.1 Å². The smallest absolute Gasteiger partial charge is 0.339 e. The molecule has 8 nitrogen and oxygen atoms in total. The summed E-state index contributed by atoms with van der Waals surface area (Å²) in [5.74, 6) is 0.642. The molecule has 0 fully saturated rings. The molecule has 0 heterocycles. The van der Waals surface area contributed by atoms with Crippen molar-refractivity contribution in [2.24, 2.45) is 10.8 Å². The molecule has 2 rings (SSSR count). The van der Waals surface area contributed by atoms with Crippen LogP contribution in [0.1, 0.15) is 5.56 Å². The normalized spacial score (nSPS) is 11.2.